The van der Waals surface area contributed by atoms with Crippen molar-refractivity contribution in [3.05, 3.63) is 55.4 Å². The first kappa shape index (κ1) is 25.7. The molecule has 0 spiro atoms. The summed E-state index contributed by atoms with van der Waals surface area (Å²) in [5.74, 6) is -0.200. The van der Waals surface area contributed by atoms with E-state index in [1.807, 2.05) is 13.8 Å². The van der Waals surface area contributed by atoms with Crippen LogP contribution in [0.1, 0.15) is 48.5 Å². The minimum absolute atomic E-state index is 0.0254. The van der Waals surface area contributed by atoms with Gasteiger partial charge >= 0.3 is 6.18 Å². The molecule has 3 aromatic rings. The number of aromatic nitrogens is 2. The summed E-state index contributed by atoms with van der Waals surface area (Å²) in [6.07, 6.45) is -0.803. The average molecular weight is 527 g/mol. The lowest BCUT2D eigenvalue weighted by Gasteiger charge is -2.20. The first-order valence-electron chi connectivity index (χ1n) is 11.5. The fraction of sp³-hybridized carbons (Fsp3) is 0.458. The zero-order chi connectivity index (χ0) is 25.3. The molecule has 0 saturated carbocycles. The van der Waals surface area contributed by atoms with E-state index in [0.29, 0.717) is 22.6 Å². The van der Waals surface area contributed by atoms with Gasteiger partial charge in [-0.2, -0.15) is 13.2 Å². The third kappa shape index (κ3) is 5.39. The number of anilines is 1. The van der Waals surface area contributed by atoms with E-state index in [1.54, 1.807) is 0 Å². The Morgan fingerprint density at radius 1 is 1.23 bits per heavy atom. The summed E-state index contributed by atoms with van der Waals surface area (Å²) in [6, 6.07) is 2.72. The number of amides is 1. The second-order valence-electron chi connectivity index (χ2n) is 8.51. The first-order valence-corrected chi connectivity index (χ1v) is 12.7. The van der Waals surface area contributed by atoms with Gasteiger partial charge in [0.25, 0.3) is 5.56 Å². The second-order valence-corrected chi connectivity index (χ2v) is 10.0. The number of carbonyl (C=O) groups is 1. The number of halogens is 4. The molecule has 0 saturated heterocycles. The van der Waals surface area contributed by atoms with E-state index < -0.39 is 17.6 Å². The fourth-order valence-electron chi connectivity index (χ4n) is 4.34. The molecule has 1 aromatic carbocycles. The van der Waals surface area contributed by atoms with Gasteiger partial charge in [0.2, 0.25) is 5.91 Å². The molecule has 1 aliphatic carbocycles. The van der Waals surface area contributed by atoms with Crippen molar-refractivity contribution in [3.8, 4) is 0 Å². The number of nitrogens with one attached hydrogen (secondary N) is 1. The van der Waals surface area contributed by atoms with E-state index in [0.717, 1.165) is 62.5 Å². The molecule has 1 amide bonds. The van der Waals surface area contributed by atoms with Crippen LogP contribution < -0.4 is 10.9 Å². The number of hydrogen-bond donors (Lipinski definition) is 1. The lowest BCUT2D eigenvalue weighted by atomic mass is 9.97. The van der Waals surface area contributed by atoms with Crippen molar-refractivity contribution < 1.29 is 18.0 Å². The van der Waals surface area contributed by atoms with E-state index in [-0.39, 0.29) is 22.8 Å². The van der Waals surface area contributed by atoms with Crippen LogP contribution in [0, 0.1) is 0 Å². The lowest BCUT2D eigenvalue weighted by molar-refractivity contribution is -0.137. The highest BCUT2D eigenvalue weighted by atomic mass is 35.5. The van der Waals surface area contributed by atoms with Gasteiger partial charge in [0.1, 0.15) is 17.2 Å². The first-order chi connectivity index (χ1) is 16.6. The molecule has 0 atom stereocenters. The van der Waals surface area contributed by atoms with Gasteiger partial charge in [0.05, 0.1) is 28.2 Å². The van der Waals surface area contributed by atoms with Crippen LogP contribution in [0.2, 0.25) is 5.02 Å². The van der Waals surface area contributed by atoms with E-state index in [1.165, 1.54) is 20.8 Å². The number of rotatable bonds is 7. The van der Waals surface area contributed by atoms with Crippen molar-refractivity contribution in [1.82, 2.24) is 14.5 Å². The molecule has 0 aliphatic heterocycles. The summed E-state index contributed by atoms with van der Waals surface area (Å²) in [4.78, 5) is 35.3. The minimum atomic E-state index is -4.58. The van der Waals surface area contributed by atoms with Crippen LogP contribution in [-0.2, 0) is 36.9 Å². The molecule has 2 aromatic heterocycles. The predicted molar refractivity (Wildman–Crippen MR) is 132 cm³/mol. The van der Waals surface area contributed by atoms with E-state index in [9.17, 15) is 22.8 Å². The zero-order valence-corrected chi connectivity index (χ0v) is 21.0. The number of alkyl halides is 3. The van der Waals surface area contributed by atoms with E-state index in [2.05, 4.69) is 10.2 Å². The zero-order valence-electron chi connectivity index (χ0n) is 19.5. The van der Waals surface area contributed by atoms with Gasteiger partial charge in [0, 0.05) is 4.88 Å². The van der Waals surface area contributed by atoms with Gasteiger partial charge in [-0.15, -0.1) is 11.3 Å². The maximum absolute atomic E-state index is 13.6. The average Bonchev–Trinajstić information content (AvgIpc) is 3.18. The highest BCUT2D eigenvalue weighted by Crippen LogP contribution is 2.35. The Labute approximate surface area is 209 Å². The normalized spacial score (nSPS) is 13.9. The number of benzene rings is 1. The lowest BCUT2D eigenvalue weighted by Crippen LogP contribution is -2.34. The standard InChI is InChI=1S/C24H26ClF3N4O2S/c1-3-31(4-2)12-19-30-22-21(15-7-5-6-8-18(15)35-22)23(34)32(19)13-20(33)29-17-11-14(24(26,27)28)9-10-16(17)25/h9-11H,3-8,12-13H2,1-2H3,(H,29,33). The molecule has 0 bridgehead atoms. The number of nitrogens with zero attached hydrogens (tertiary/aromatic N) is 3. The van der Waals surface area contributed by atoms with Gasteiger partial charge in [-0.1, -0.05) is 25.4 Å². The smallest absolute Gasteiger partial charge is 0.323 e. The summed E-state index contributed by atoms with van der Waals surface area (Å²) in [5.41, 5.74) is -0.364. The molecular weight excluding hydrogens is 501 g/mol. The summed E-state index contributed by atoms with van der Waals surface area (Å²) in [6.45, 7) is 5.45. The van der Waals surface area contributed by atoms with Gasteiger partial charge in [-0.25, -0.2) is 4.98 Å². The van der Waals surface area contributed by atoms with Crippen LogP contribution in [-0.4, -0.2) is 33.4 Å². The molecule has 0 unspecified atom stereocenters. The molecule has 1 aliphatic rings. The molecule has 1 N–H and O–H groups in total. The Kier molecular flexibility index (Phi) is 7.54. The Hall–Kier alpha value is -2.43. The predicted octanol–water partition coefficient (Wildman–Crippen LogP) is 5.49. The number of fused-ring (bicyclic) bond motifs is 3. The van der Waals surface area contributed by atoms with Gasteiger partial charge < -0.3 is 5.32 Å². The van der Waals surface area contributed by atoms with Gasteiger partial charge in [-0.3, -0.25) is 19.1 Å². The molecule has 188 valence electrons. The van der Waals surface area contributed by atoms with Crippen molar-refractivity contribution in [2.24, 2.45) is 0 Å². The van der Waals surface area contributed by atoms with Crippen molar-refractivity contribution in [2.75, 3.05) is 18.4 Å². The second kappa shape index (κ2) is 10.3. The molecule has 6 nitrogen and oxygen atoms in total. The summed E-state index contributed by atoms with van der Waals surface area (Å²) < 4.78 is 40.7. The largest absolute Gasteiger partial charge is 0.416 e. The highest BCUT2D eigenvalue weighted by Gasteiger charge is 2.31. The number of hydrogen-bond acceptors (Lipinski definition) is 5. The Bertz CT molecular complexity index is 1310. The summed E-state index contributed by atoms with van der Waals surface area (Å²) >= 11 is 7.58. The van der Waals surface area contributed by atoms with Crippen LogP contribution >= 0.6 is 22.9 Å². The molecule has 4 rings (SSSR count). The van der Waals surface area contributed by atoms with Gasteiger partial charge in [-0.05, 0) is 62.5 Å². The van der Waals surface area contributed by atoms with Crippen molar-refractivity contribution in [2.45, 2.75) is 58.8 Å². The third-order valence-corrected chi connectivity index (χ3v) is 7.80. The fourth-order valence-corrected chi connectivity index (χ4v) is 5.78. The Morgan fingerprint density at radius 3 is 2.63 bits per heavy atom. The molecule has 35 heavy (non-hydrogen) atoms. The van der Waals surface area contributed by atoms with Crippen LogP contribution in [0.3, 0.4) is 0 Å². The Balaban J connectivity index is 1.72. The maximum atomic E-state index is 13.6. The third-order valence-electron chi connectivity index (χ3n) is 6.28. The van der Waals surface area contributed by atoms with Gasteiger partial charge in [0.15, 0.2) is 0 Å². The quantitative estimate of drug-likeness (QED) is 0.442. The topological polar surface area (TPSA) is 67.2 Å². The van der Waals surface area contributed by atoms with Crippen LogP contribution in [0.5, 0.6) is 0 Å². The monoisotopic (exact) mass is 526 g/mol. The molecule has 0 fully saturated rings. The van der Waals surface area contributed by atoms with Crippen molar-refractivity contribution in [3.63, 3.8) is 0 Å². The van der Waals surface area contributed by atoms with E-state index in [4.69, 9.17) is 16.6 Å². The number of thiophene rings is 1. The molecule has 11 heteroatoms. The summed E-state index contributed by atoms with van der Waals surface area (Å²) in [7, 11) is 0. The SMILES string of the molecule is CCN(CC)Cc1nc2sc3c(c2c(=O)n1CC(=O)Nc1cc(C(F)(F)F)ccc1Cl)CCCC3. The van der Waals surface area contributed by atoms with Crippen LogP contribution in [0.15, 0.2) is 23.0 Å². The maximum Gasteiger partial charge on any atom is 0.416 e. The minimum Gasteiger partial charge on any atom is -0.323 e. The number of aryl methyl sites for hydroxylation is 2. The van der Waals surface area contributed by atoms with Crippen LogP contribution in [0.4, 0.5) is 18.9 Å². The van der Waals surface area contributed by atoms with Crippen molar-refractivity contribution >= 4 is 44.7 Å². The Morgan fingerprint density at radius 2 is 1.94 bits per heavy atom. The molecular formula is C24H26ClF3N4O2S. The summed E-state index contributed by atoms with van der Waals surface area (Å²) in [5, 5.41) is 2.97. The van der Waals surface area contributed by atoms with Crippen molar-refractivity contribution in [1.29, 1.82) is 0 Å². The van der Waals surface area contributed by atoms with Crippen LogP contribution in [0.25, 0.3) is 10.2 Å². The molecule has 2 heterocycles. The highest BCUT2D eigenvalue weighted by molar-refractivity contribution is 7.18. The molecule has 0 radical (unpaired) electrons. The number of carbonyl (C=O) groups excluding carboxylic acids is 1. The van der Waals surface area contributed by atoms with E-state index >= 15 is 0 Å².